The molecule has 0 saturated carbocycles. The normalized spacial score (nSPS) is 16.3. The summed E-state index contributed by atoms with van der Waals surface area (Å²) >= 11 is 0. The van der Waals surface area contributed by atoms with Crippen LogP contribution in [0.25, 0.3) is 22.3 Å². The maximum atomic E-state index is 13.3. The van der Waals surface area contributed by atoms with Crippen LogP contribution in [0.2, 0.25) is 0 Å². The molecule has 0 bridgehead atoms. The molecule has 1 aromatic carbocycles. The van der Waals surface area contributed by atoms with Crippen LogP contribution in [0.3, 0.4) is 0 Å². The van der Waals surface area contributed by atoms with Crippen LogP contribution in [0, 0.1) is 0 Å². The first kappa shape index (κ1) is 18.6. The van der Waals surface area contributed by atoms with Crippen molar-refractivity contribution in [3.05, 3.63) is 60.6 Å². The first-order chi connectivity index (χ1) is 14.7. The monoisotopic (exact) mass is 415 g/mol. The zero-order valence-electron chi connectivity index (χ0n) is 16.6. The molecule has 4 heterocycles. The van der Waals surface area contributed by atoms with Crippen LogP contribution in [-0.2, 0) is 0 Å². The third-order valence-corrected chi connectivity index (χ3v) is 7.00. The van der Waals surface area contributed by atoms with Crippen LogP contribution in [0.4, 0.5) is 0 Å². The molecule has 4 aromatic rings. The van der Waals surface area contributed by atoms with E-state index >= 15 is 0 Å². The SMILES string of the molecule is COc1cccc([Si]C2CCCN2C(=O)c2cc3ccc(-c4cn[nH]c4)nc3[nH]2)c1. The van der Waals surface area contributed by atoms with Crippen LogP contribution >= 0.6 is 0 Å². The maximum absolute atomic E-state index is 13.3. The van der Waals surface area contributed by atoms with Crippen LogP contribution in [0.1, 0.15) is 23.3 Å². The smallest absolute Gasteiger partial charge is 0.270 e. The molecule has 30 heavy (non-hydrogen) atoms. The Morgan fingerprint density at radius 1 is 1.27 bits per heavy atom. The van der Waals surface area contributed by atoms with Gasteiger partial charge in [-0.3, -0.25) is 9.89 Å². The first-order valence-electron chi connectivity index (χ1n) is 9.92. The zero-order chi connectivity index (χ0) is 20.5. The number of amides is 1. The lowest BCUT2D eigenvalue weighted by Gasteiger charge is -2.24. The fourth-order valence-electron chi connectivity index (χ4n) is 3.89. The van der Waals surface area contributed by atoms with Gasteiger partial charge < -0.3 is 14.6 Å². The van der Waals surface area contributed by atoms with Gasteiger partial charge in [-0.1, -0.05) is 17.3 Å². The van der Waals surface area contributed by atoms with Gasteiger partial charge in [-0.15, -0.1) is 0 Å². The molecule has 1 atom stereocenters. The lowest BCUT2D eigenvalue weighted by atomic mass is 10.2. The number of H-pyrrole nitrogens is 2. The van der Waals surface area contributed by atoms with Gasteiger partial charge in [-0.2, -0.15) is 5.10 Å². The Bertz CT molecular complexity index is 1190. The number of pyridine rings is 1. The Morgan fingerprint density at radius 2 is 2.20 bits per heavy atom. The van der Waals surface area contributed by atoms with Crippen molar-refractivity contribution in [1.29, 1.82) is 0 Å². The summed E-state index contributed by atoms with van der Waals surface area (Å²) in [6, 6.07) is 13.9. The summed E-state index contributed by atoms with van der Waals surface area (Å²) in [5, 5.41) is 8.91. The van der Waals surface area contributed by atoms with Crippen molar-refractivity contribution in [2.75, 3.05) is 13.7 Å². The number of aromatic nitrogens is 4. The fraction of sp³-hybridized carbons (Fsp3) is 0.227. The van der Waals surface area contributed by atoms with E-state index in [1.54, 1.807) is 19.5 Å². The minimum atomic E-state index is 0.0377. The number of fused-ring (bicyclic) bond motifs is 1. The number of carbonyl (C=O) groups is 1. The van der Waals surface area contributed by atoms with E-state index in [1.165, 1.54) is 5.19 Å². The summed E-state index contributed by atoms with van der Waals surface area (Å²) < 4.78 is 5.34. The number of hydrogen-bond donors (Lipinski definition) is 2. The van der Waals surface area contributed by atoms with E-state index in [0.29, 0.717) is 20.9 Å². The number of nitrogens with one attached hydrogen (secondary N) is 2. The number of hydrogen-bond acceptors (Lipinski definition) is 4. The Balaban J connectivity index is 1.38. The molecule has 0 spiro atoms. The number of carbonyl (C=O) groups excluding carboxylic acids is 1. The highest BCUT2D eigenvalue weighted by Crippen LogP contribution is 2.24. The number of nitrogens with zero attached hydrogens (tertiary/aromatic N) is 3. The third-order valence-electron chi connectivity index (χ3n) is 5.42. The lowest BCUT2D eigenvalue weighted by Crippen LogP contribution is -2.43. The number of benzene rings is 1. The Morgan fingerprint density at radius 3 is 3.03 bits per heavy atom. The van der Waals surface area contributed by atoms with Gasteiger partial charge in [-0.25, -0.2) is 4.98 Å². The van der Waals surface area contributed by atoms with E-state index in [-0.39, 0.29) is 11.6 Å². The molecule has 7 nitrogen and oxygen atoms in total. The molecule has 1 unspecified atom stereocenters. The van der Waals surface area contributed by atoms with Crippen molar-refractivity contribution in [3.63, 3.8) is 0 Å². The molecule has 1 fully saturated rings. The number of methoxy groups -OCH3 is 1. The van der Waals surface area contributed by atoms with E-state index in [1.807, 2.05) is 35.2 Å². The molecule has 2 radical (unpaired) electrons. The van der Waals surface area contributed by atoms with Crippen molar-refractivity contribution in [2.45, 2.75) is 18.5 Å². The molecule has 5 rings (SSSR count). The molecule has 0 aliphatic carbocycles. The maximum Gasteiger partial charge on any atom is 0.270 e. The summed E-state index contributed by atoms with van der Waals surface area (Å²) in [5.41, 5.74) is 3.24. The molecule has 1 aliphatic rings. The van der Waals surface area contributed by atoms with E-state index < -0.39 is 0 Å². The van der Waals surface area contributed by atoms with Crippen molar-refractivity contribution in [1.82, 2.24) is 25.1 Å². The van der Waals surface area contributed by atoms with Gasteiger partial charge in [0.1, 0.15) is 26.6 Å². The quantitative estimate of drug-likeness (QED) is 0.491. The molecule has 2 N–H and O–H groups in total. The first-order valence-corrected chi connectivity index (χ1v) is 11.0. The average Bonchev–Trinajstić information content (AvgIpc) is 3.53. The molecule has 1 saturated heterocycles. The minimum Gasteiger partial charge on any atom is -0.497 e. The van der Waals surface area contributed by atoms with Gasteiger partial charge in [0.2, 0.25) is 0 Å². The van der Waals surface area contributed by atoms with E-state index in [2.05, 4.69) is 32.3 Å². The lowest BCUT2D eigenvalue weighted by molar-refractivity contribution is 0.0770. The largest absolute Gasteiger partial charge is 0.497 e. The van der Waals surface area contributed by atoms with E-state index in [9.17, 15) is 4.79 Å². The molecule has 1 amide bonds. The predicted molar refractivity (Wildman–Crippen MR) is 116 cm³/mol. The molecular formula is C22H21N5O2Si. The van der Waals surface area contributed by atoms with Crippen molar-refractivity contribution >= 4 is 31.6 Å². The summed E-state index contributed by atoms with van der Waals surface area (Å²) in [6.45, 7) is 0.781. The van der Waals surface area contributed by atoms with Gasteiger partial charge in [0.05, 0.1) is 19.0 Å². The summed E-state index contributed by atoms with van der Waals surface area (Å²) in [7, 11) is 2.21. The fourth-order valence-corrected chi connectivity index (χ4v) is 5.45. The second kappa shape index (κ2) is 7.79. The average molecular weight is 416 g/mol. The van der Waals surface area contributed by atoms with Crippen LogP contribution < -0.4 is 9.92 Å². The van der Waals surface area contributed by atoms with Gasteiger partial charge in [0, 0.05) is 29.4 Å². The third kappa shape index (κ3) is 3.50. The Kier molecular flexibility index (Phi) is 4.84. The number of aromatic amines is 2. The predicted octanol–water partition coefficient (Wildman–Crippen LogP) is 2.55. The van der Waals surface area contributed by atoms with Crippen LogP contribution in [-0.4, -0.2) is 59.8 Å². The highest BCUT2D eigenvalue weighted by Gasteiger charge is 2.31. The summed E-state index contributed by atoms with van der Waals surface area (Å²) in [4.78, 5) is 23.2. The van der Waals surface area contributed by atoms with Crippen molar-refractivity contribution in [3.8, 4) is 17.0 Å². The minimum absolute atomic E-state index is 0.0377. The Labute approximate surface area is 176 Å². The molecule has 3 aromatic heterocycles. The van der Waals surface area contributed by atoms with Crippen molar-refractivity contribution < 1.29 is 9.53 Å². The molecule has 150 valence electrons. The number of likely N-dealkylation sites (tertiary alicyclic amines) is 1. The van der Waals surface area contributed by atoms with Gasteiger partial charge >= 0.3 is 0 Å². The van der Waals surface area contributed by atoms with Crippen molar-refractivity contribution in [2.24, 2.45) is 0 Å². The standard InChI is InChI=1S/C22H21N5O2Si/c1-29-16-4-2-5-17(11-16)30-20-6-3-9-27(20)22(28)19-10-14-7-8-18(25-21(14)26-19)15-12-23-24-13-15/h2,4-5,7-8,10-13,20H,3,6,9H2,1H3,(H,23,24)(H,25,26). The topological polar surface area (TPSA) is 86.9 Å². The van der Waals surface area contributed by atoms with E-state index in [4.69, 9.17) is 4.74 Å². The number of rotatable bonds is 5. The van der Waals surface area contributed by atoms with E-state index in [0.717, 1.165) is 41.8 Å². The van der Waals surface area contributed by atoms with Gasteiger partial charge in [-0.05, 0) is 43.2 Å². The molecule has 8 heteroatoms. The van der Waals surface area contributed by atoms with Gasteiger partial charge in [0.25, 0.3) is 5.91 Å². The Hall–Kier alpha value is -3.39. The number of ether oxygens (including phenoxy) is 1. The molecule has 1 aliphatic heterocycles. The second-order valence-electron chi connectivity index (χ2n) is 7.34. The second-order valence-corrected chi connectivity index (χ2v) is 8.87. The van der Waals surface area contributed by atoms with Gasteiger partial charge in [0.15, 0.2) is 0 Å². The molecular weight excluding hydrogens is 394 g/mol. The summed E-state index contributed by atoms with van der Waals surface area (Å²) in [5.74, 6) is 0.891. The summed E-state index contributed by atoms with van der Waals surface area (Å²) in [6.07, 6.45) is 5.58. The van der Waals surface area contributed by atoms with Crippen LogP contribution in [0.5, 0.6) is 5.75 Å². The highest BCUT2D eigenvalue weighted by atomic mass is 28.2. The zero-order valence-corrected chi connectivity index (χ0v) is 17.6. The van der Waals surface area contributed by atoms with Crippen LogP contribution in [0.15, 0.2) is 54.9 Å². The highest BCUT2D eigenvalue weighted by molar-refractivity contribution is 6.55.